The second-order valence-electron chi connectivity index (χ2n) is 6.15. The fraction of sp³-hybridized carbons (Fsp3) is 1.00. The molecule has 0 bridgehead atoms. The zero-order valence-corrected chi connectivity index (χ0v) is 16.8. The van der Waals surface area contributed by atoms with Crippen LogP contribution in [0.2, 0.25) is 0 Å². The van der Waals surface area contributed by atoms with Gasteiger partial charge in [0.2, 0.25) is 5.69 Å². The molecule has 0 aromatic carbocycles. The second-order valence-corrected chi connectivity index (χ2v) is 11.4. The van der Waals surface area contributed by atoms with Crippen molar-refractivity contribution >= 4 is 29.7 Å². The van der Waals surface area contributed by atoms with Crippen LogP contribution in [0, 0.1) is 5.92 Å². The summed E-state index contributed by atoms with van der Waals surface area (Å²) in [6.07, 6.45) is 12.4. The van der Waals surface area contributed by atoms with Crippen molar-refractivity contribution in [2.75, 3.05) is 13.2 Å². The lowest BCUT2D eigenvalue weighted by Crippen LogP contribution is -1.96. The zero-order chi connectivity index (χ0) is 16.0. The number of thiol groups is 1. The van der Waals surface area contributed by atoms with Crippen LogP contribution >= 0.6 is 17.9 Å². The Balaban J connectivity index is 3.41. The summed E-state index contributed by atoms with van der Waals surface area (Å²) < 4.78 is 11.3. The third-order valence-electron chi connectivity index (χ3n) is 3.43. The molecule has 0 N–H and O–H groups in total. The monoisotopic (exact) mass is 354 g/mol. The zero-order valence-electron chi connectivity index (χ0n) is 14.2. The fourth-order valence-corrected chi connectivity index (χ4v) is 3.84. The van der Waals surface area contributed by atoms with Gasteiger partial charge in [-0.3, -0.25) is 0 Å². The number of hydrogen-bond acceptors (Lipinski definition) is 3. The van der Waals surface area contributed by atoms with Gasteiger partial charge in [-0.05, 0) is 30.6 Å². The summed E-state index contributed by atoms with van der Waals surface area (Å²) in [4.78, 5) is 0. The first kappa shape index (κ1) is 21.9. The summed E-state index contributed by atoms with van der Waals surface area (Å²) in [5.41, 5.74) is -2.29. The Bertz CT molecular complexity index is 273. The Morgan fingerprint density at radius 2 is 1.33 bits per heavy atom. The maximum atomic E-state index is 5.65. The standard InChI is InChI=1S/C16H35O2PS2/c1-4-5-6-7-8-11-14-17-19(20,21)18-15-12-9-10-13-16(2)3/h16H,4-15H2,1-3H3,(H,20,21). The number of rotatable bonds is 15. The predicted molar refractivity (Wildman–Crippen MR) is 102 cm³/mol. The smallest absolute Gasteiger partial charge is 0.244 e. The molecule has 0 fully saturated rings. The molecule has 0 aromatic heterocycles. The van der Waals surface area contributed by atoms with Crippen LogP contribution in [0.3, 0.4) is 0 Å². The van der Waals surface area contributed by atoms with E-state index >= 15 is 0 Å². The van der Waals surface area contributed by atoms with E-state index < -0.39 is 5.69 Å². The maximum absolute atomic E-state index is 5.65. The molecular weight excluding hydrogens is 319 g/mol. The van der Waals surface area contributed by atoms with Crippen molar-refractivity contribution in [2.45, 2.75) is 85.0 Å². The van der Waals surface area contributed by atoms with Crippen molar-refractivity contribution in [1.29, 1.82) is 0 Å². The minimum atomic E-state index is -2.29. The molecule has 0 heterocycles. The molecule has 0 aliphatic carbocycles. The lowest BCUT2D eigenvalue weighted by molar-refractivity contribution is 0.249. The van der Waals surface area contributed by atoms with Crippen molar-refractivity contribution < 1.29 is 9.05 Å². The Hall–Kier alpha value is 0.920. The highest BCUT2D eigenvalue weighted by Crippen LogP contribution is 2.53. The molecule has 1 unspecified atom stereocenters. The molecule has 0 radical (unpaired) electrons. The molecule has 0 aromatic rings. The lowest BCUT2D eigenvalue weighted by Gasteiger charge is -2.16. The van der Waals surface area contributed by atoms with Gasteiger partial charge in [0.1, 0.15) is 0 Å². The van der Waals surface area contributed by atoms with Gasteiger partial charge in [-0.2, -0.15) is 0 Å². The van der Waals surface area contributed by atoms with E-state index in [9.17, 15) is 0 Å². The van der Waals surface area contributed by atoms with Crippen LogP contribution in [-0.4, -0.2) is 13.2 Å². The van der Waals surface area contributed by atoms with Gasteiger partial charge in [0, 0.05) is 0 Å². The van der Waals surface area contributed by atoms with E-state index in [2.05, 4.69) is 33.0 Å². The molecule has 0 saturated carbocycles. The average molecular weight is 355 g/mol. The van der Waals surface area contributed by atoms with Gasteiger partial charge in [-0.1, -0.05) is 84.4 Å². The first-order valence-electron chi connectivity index (χ1n) is 8.60. The first-order valence-corrected chi connectivity index (χ1v) is 12.4. The molecule has 0 spiro atoms. The molecule has 0 aliphatic heterocycles. The van der Waals surface area contributed by atoms with E-state index in [4.69, 9.17) is 20.9 Å². The molecule has 128 valence electrons. The second kappa shape index (κ2) is 14.5. The summed E-state index contributed by atoms with van der Waals surface area (Å²) in [6.45, 7) is 8.15. The van der Waals surface area contributed by atoms with Crippen molar-refractivity contribution in [1.82, 2.24) is 0 Å². The highest BCUT2D eigenvalue weighted by molar-refractivity contribution is 8.60. The van der Waals surface area contributed by atoms with Crippen molar-refractivity contribution in [3.05, 3.63) is 0 Å². The van der Waals surface area contributed by atoms with E-state index in [1.807, 2.05) is 0 Å². The van der Waals surface area contributed by atoms with Crippen LogP contribution in [0.15, 0.2) is 0 Å². The van der Waals surface area contributed by atoms with Crippen LogP contribution in [0.4, 0.5) is 0 Å². The molecule has 0 amide bonds. The van der Waals surface area contributed by atoms with Crippen molar-refractivity contribution in [3.63, 3.8) is 0 Å². The minimum Gasteiger partial charge on any atom is -0.322 e. The highest BCUT2D eigenvalue weighted by atomic mass is 32.9. The van der Waals surface area contributed by atoms with E-state index in [0.29, 0.717) is 13.2 Å². The van der Waals surface area contributed by atoms with Crippen molar-refractivity contribution in [3.8, 4) is 0 Å². The predicted octanol–water partition coefficient (Wildman–Crippen LogP) is 6.75. The van der Waals surface area contributed by atoms with Gasteiger partial charge in [-0.15, -0.1) is 0 Å². The van der Waals surface area contributed by atoms with Crippen molar-refractivity contribution in [2.24, 2.45) is 5.92 Å². The summed E-state index contributed by atoms with van der Waals surface area (Å²) >= 11 is 9.70. The van der Waals surface area contributed by atoms with Gasteiger partial charge in [0.25, 0.3) is 0 Å². The van der Waals surface area contributed by atoms with Crippen LogP contribution in [0.1, 0.15) is 85.0 Å². The van der Waals surface area contributed by atoms with Gasteiger partial charge < -0.3 is 9.05 Å². The van der Waals surface area contributed by atoms with Gasteiger partial charge >= 0.3 is 0 Å². The Kier molecular flexibility index (Phi) is 15.1. The molecule has 5 heteroatoms. The van der Waals surface area contributed by atoms with E-state index in [1.165, 1.54) is 51.4 Å². The summed E-state index contributed by atoms with van der Waals surface area (Å²) in [7, 11) is 0. The topological polar surface area (TPSA) is 18.5 Å². The third-order valence-corrected chi connectivity index (χ3v) is 5.78. The SMILES string of the molecule is CCCCCCCCOP(=S)(S)OCCCCCC(C)C. The van der Waals surface area contributed by atoms with Gasteiger partial charge in [0.05, 0.1) is 13.2 Å². The van der Waals surface area contributed by atoms with E-state index in [0.717, 1.165) is 18.8 Å². The van der Waals surface area contributed by atoms with Crippen LogP contribution in [-0.2, 0) is 20.9 Å². The number of unbranched alkanes of at least 4 members (excludes halogenated alkanes) is 7. The highest BCUT2D eigenvalue weighted by Gasteiger charge is 2.12. The lowest BCUT2D eigenvalue weighted by atomic mass is 10.1. The van der Waals surface area contributed by atoms with Crippen LogP contribution in [0.5, 0.6) is 0 Å². The Morgan fingerprint density at radius 1 is 0.857 bits per heavy atom. The fourth-order valence-electron chi connectivity index (χ4n) is 2.11. The largest absolute Gasteiger partial charge is 0.322 e. The molecule has 1 atom stereocenters. The normalized spacial score (nSPS) is 14.5. The van der Waals surface area contributed by atoms with Gasteiger partial charge in [0.15, 0.2) is 0 Å². The summed E-state index contributed by atoms with van der Waals surface area (Å²) in [5.74, 6) is 0.794. The number of hydrogen-bond donors (Lipinski definition) is 1. The maximum Gasteiger partial charge on any atom is 0.244 e. The van der Waals surface area contributed by atoms with Crippen LogP contribution < -0.4 is 0 Å². The molecule has 2 nitrogen and oxygen atoms in total. The molecule has 0 aliphatic rings. The molecule has 21 heavy (non-hydrogen) atoms. The molecular formula is C16H35O2PS2. The minimum absolute atomic E-state index is 0.690. The molecule has 0 saturated heterocycles. The average Bonchev–Trinajstić information content (AvgIpc) is 2.41. The summed E-state index contributed by atoms with van der Waals surface area (Å²) in [6, 6.07) is 0. The first-order chi connectivity index (χ1) is 9.98. The Morgan fingerprint density at radius 3 is 1.86 bits per heavy atom. The molecule has 0 rings (SSSR count). The summed E-state index contributed by atoms with van der Waals surface area (Å²) in [5, 5.41) is 0. The van der Waals surface area contributed by atoms with Crippen LogP contribution in [0.25, 0.3) is 0 Å². The van der Waals surface area contributed by atoms with E-state index in [1.54, 1.807) is 0 Å². The van der Waals surface area contributed by atoms with Gasteiger partial charge in [-0.25, -0.2) is 0 Å². The quantitative estimate of drug-likeness (QED) is 0.199. The Labute approximate surface area is 143 Å². The van der Waals surface area contributed by atoms with E-state index in [-0.39, 0.29) is 0 Å². The third kappa shape index (κ3) is 17.1.